The minimum atomic E-state index is -0.739. The van der Waals surface area contributed by atoms with Crippen molar-refractivity contribution in [2.75, 3.05) is 20.8 Å². The topological polar surface area (TPSA) is 30.5 Å². The fourth-order valence-corrected chi connectivity index (χ4v) is 2.77. The Morgan fingerprint density at radius 1 is 1.28 bits per heavy atom. The first-order valence-electron chi connectivity index (χ1n) is 5.94. The summed E-state index contributed by atoms with van der Waals surface area (Å²) in [6.07, 6.45) is 0.340. The van der Waals surface area contributed by atoms with E-state index >= 15 is 0 Å². The number of methoxy groups -OCH3 is 2. The molecule has 0 spiro atoms. The van der Waals surface area contributed by atoms with Crippen LogP contribution in [0.4, 0.5) is 4.39 Å². The van der Waals surface area contributed by atoms with Crippen LogP contribution in [-0.4, -0.2) is 26.9 Å². The molecule has 3 nitrogen and oxygen atoms in total. The lowest BCUT2D eigenvalue weighted by atomic mass is 9.96. The van der Waals surface area contributed by atoms with Gasteiger partial charge in [0.15, 0.2) is 0 Å². The smallest absolute Gasteiger partial charge is 0.137 e. The van der Waals surface area contributed by atoms with Gasteiger partial charge in [-0.2, -0.15) is 0 Å². The fraction of sp³-hybridized carbons (Fsp3) is 0.538. The Labute approximate surface area is 115 Å². The highest BCUT2D eigenvalue weighted by molar-refractivity contribution is 9.10. The van der Waals surface area contributed by atoms with Crippen LogP contribution in [0.3, 0.4) is 0 Å². The van der Waals surface area contributed by atoms with Gasteiger partial charge < -0.3 is 14.8 Å². The average molecular weight is 318 g/mol. The maximum absolute atomic E-state index is 13.5. The van der Waals surface area contributed by atoms with Crippen LogP contribution in [0.2, 0.25) is 0 Å². The van der Waals surface area contributed by atoms with Crippen LogP contribution in [0.1, 0.15) is 24.4 Å². The Morgan fingerprint density at radius 3 is 2.39 bits per heavy atom. The quantitative estimate of drug-likeness (QED) is 0.928. The molecule has 1 aromatic rings. The third-order valence-corrected chi connectivity index (χ3v) is 3.99. The van der Waals surface area contributed by atoms with Gasteiger partial charge in [-0.1, -0.05) is 0 Å². The van der Waals surface area contributed by atoms with Gasteiger partial charge in [-0.3, -0.25) is 0 Å². The van der Waals surface area contributed by atoms with E-state index in [1.165, 1.54) is 0 Å². The van der Waals surface area contributed by atoms with E-state index in [4.69, 9.17) is 9.47 Å². The number of rotatable bonds is 3. The average Bonchev–Trinajstić information content (AvgIpc) is 2.39. The van der Waals surface area contributed by atoms with Gasteiger partial charge in [0.05, 0.1) is 14.2 Å². The predicted octanol–water partition coefficient (Wildman–Crippen LogP) is 3.23. The summed E-state index contributed by atoms with van der Waals surface area (Å²) in [6, 6.07) is 3.86. The lowest BCUT2D eigenvalue weighted by molar-refractivity contribution is 0.223. The minimum Gasteiger partial charge on any atom is -0.495 e. The van der Waals surface area contributed by atoms with Crippen LogP contribution in [0, 0.1) is 0 Å². The first-order valence-corrected chi connectivity index (χ1v) is 6.74. The molecule has 0 bridgehead atoms. The third kappa shape index (κ3) is 2.78. The Kier molecular flexibility index (Phi) is 4.45. The molecule has 2 rings (SSSR count). The molecule has 1 aliphatic heterocycles. The Morgan fingerprint density at radius 2 is 1.89 bits per heavy atom. The van der Waals surface area contributed by atoms with Crippen molar-refractivity contribution in [2.24, 2.45) is 0 Å². The summed E-state index contributed by atoms with van der Waals surface area (Å²) in [7, 11) is 3.21. The van der Waals surface area contributed by atoms with E-state index in [1.807, 2.05) is 12.1 Å². The SMILES string of the molecule is COc1cc(C2CC(F)CCN2)cc(OC)c1Br. The minimum absolute atomic E-state index is 0.0182. The van der Waals surface area contributed by atoms with Crippen molar-refractivity contribution in [2.45, 2.75) is 25.1 Å². The van der Waals surface area contributed by atoms with Crippen molar-refractivity contribution in [1.29, 1.82) is 0 Å². The van der Waals surface area contributed by atoms with Crippen molar-refractivity contribution in [3.8, 4) is 11.5 Å². The summed E-state index contributed by atoms with van der Waals surface area (Å²) in [6.45, 7) is 0.701. The van der Waals surface area contributed by atoms with Crippen molar-refractivity contribution >= 4 is 15.9 Å². The van der Waals surface area contributed by atoms with Gasteiger partial charge in [0.25, 0.3) is 0 Å². The van der Waals surface area contributed by atoms with E-state index in [-0.39, 0.29) is 6.04 Å². The molecule has 1 saturated heterocycles. The van der Waals surface area contributed by atoms with Crippen LogP contribution in [0.25, 0.3) is 0 Å². The van der Waals surface area contributed by atoms with Gasteiger partial charge in [-0.25, -0.2) is 4.39 Å². The number of ether oxygens (including phenoxy) is 2. The zero-order valence-corrected chi connectivity index (χ0v) is 12.1. The van der Waals surface area contributed by atoms with Gasteiger partial charge >= 0.3 is 0 Å². The summed E-state index contributed by atoms with van der Waals surface area (Å²) >= 11 is 3.43. The second-order valence-electron chi connectivity index (χ2n) is 4.37. The van der Waals surface area contributed by atoms with E-state index in [1.54, 1.807) is 14.2 Å². The third-order valence-electron chi connectivity index (χ3n) is 3.21. The summed E-state index contributed by atoms with van der Waals surface area (Å²) < 4.78 is 24.8. The van der Waals surface area contributed by atoms with Gasteiger partial charge in [0, 0.05) is 6.04 Å². The summed E-state index contributed by atoms with van der Waals surface area (Å²) in [4.78, 5) is 0. The second-order valence-corrected chi connectivity index (χ2v) is 5.16. The first-order chi connectivity index (χ1) is 8.65. The molecule has 1 aliphatic rings. The molecule has 1 heterocycles. The van der Waals surface area contributed by atoms with Gasteiger partial charge in [-0.05, 0) is 53.0 Å². The molecule has 100 valence electrons. The van der Waals surface area contributed by atoms with Crippen LogP contribution in [0.5, 0.6) is 11.5 Å². The molecule has 2 atom stereocenters. The van der Waals surface area contributed by atoms with Crippen molar-refractivity contribution < 1.29 is 13.9 Å². The molecular weight excluding hydrogens is 301 g/mol. The molecule has 0 saturated carbocycles. The first kappa shape index (κ1) is 13.6. The molecule has 0 radical (unpaired) electrons. The van der Waals surface area contributed by atoms with E-state index in [0.29, 0.717) is 30.9 Å². The molecular formula is C13H17BrFNO2. The monoisotopic (exact) mass is 317 g/mol. The van der Waals surface area contributed by atoms with Crippen LogP contribution in [0.15, 0.2) is 16.6 Å². The lowest BCUT2D eigenvalue weighted by Gasteiger charge is -2.27. The van der Waals surface area contributed by atoms with E-state index < -0.39 is 6.17 Å². The molecule has 1 fully saturated rings. The molecule has 5 heteroatoms. The van der Waals surface area contributed by atoms with E-state index in [9.17, 15) is 4.39 Å². The van der Waals surface area contributed by atoms with Gasteiger partial charge in [-0.15, -0.1) is 0 Å². The van der Waals surface area contributed by atoms with Gasteiger partial charge in [0.2, 0.25) is 0 Å². The predicted molar refractivity (Wildman–Crippen MR) is 72.1 cm³/mol. The number of nitrogens with one attached hydrogen (secondary N) is 1. The normalized spacial score (nSPS) is 23.8. The van der Waals surface area contributed by atoms with E-state index in [2.05, 4.69) is 21.2 Å². The number of halogens is 2. The maximum Gasteiger partial charge on any atom is 0.137 e. The summed E-state index contributed by atoms with van der Waals surface area (Å²) in [5.41, 5.74) is 0.995. The van der Waals surface area contributed by atoms with Crippen LogP contribution < -0.4 is 14.8 Å². The Balaban J connectivity index is 2.32. The number of benzene rings is 1. The van der Waals surface area contributed by atoms with Crippen molar-refractivity contribution in [3.63, 3.8) is 0 Å². The second kappa shape index (κ2) is 5.89. The summed E-state index contributed by atoms with van der Waals surface area (Å²) in [5, 5.41) is 3.32. The number of alkyl halides is 1. The van der Waals surface area contributed by atoms with Crippen molar-refractivity contribution in [3.05, 3.63) is 22.2 Å². The van der Waals surface area contributed by atoms with Gasteiger partial charge in [0.1, 0.15) is 22.1 Å². The molecule has 1 N–H and O–H groups in total. The largest absolute Gasteiger partial charge is 0.495 e. The molecule has 0 aliphatic carbocycles. The standard InChI is InChI=1S/C13H17BrFNO2/c1-17-11-5-8(6-12(18-2)13(11)14)10-7-9(15)3-4-16-10/h5-6,9-10,16H,3-4,7H2,1-2H3. The fourth-order valence-electron chi connectivity index (χ4n) is 2.22. The molecule has 18 heavy (non-hydrogen) atoms. The van der Waals surface area contributed by atoms with Crippen LogP contribution in [-0.2, 0) is 0 Å². The highest BCUT2D eigenvalue weighted by atomic mass is 79.9. The maximum atomic E-state index is 13.5. The Bertz CT molecular complexity index is 402. The van der Waals surface area contributed by atoms with E-state index in [0.717, 1.165) is 10.0 Å². The summed E-state index contributed by atoms with van der Waals surface area (Å²) in [5.74, 6) is 1.40. The van der Waals surface area contributed by atoms with Crippen molar-refractivity contribution in [1.82, 2.24) is 5.32 Å². The highest BCUT2D eigenvalue weighted by Crippen LogP contribution is 2.38. The van der Waals surface area contributed by atoms with Crippen LogP contribution >= 0.6 is 15.9 Å². The lowest BCUT2D eigenvalue weighted by Crippen LogP contribution is -2.32. The number of piperidine rings is 1. The Hall–Kier alpha value is -0.810. The number of hydrogen-bond donors (Lipinski definition) is 1. The molecule has 0 aromatic heterocycles. The molecule has 2 unspecified atom stereocenters. The number of hydrogen-bond acceptors (Lipinski definition) is 3. The zero-order chi connectivity index (χ0) is 13.1. The molecule has 1 aromatic carbocycles. The zero-order valence-electron chi connectivity index (χ0n) is 10.5. The molecule has 0 amide bonds. The highest BCUT2D eigenvalue weighted by Gasteiger charge is 2.24.